The molecule has 0 fully saturated rings. The first-order valence-corrected chi connectivity index (χ1v) is 8.14. The second-order valence-electron chi connectivity index (χ2n) is 4.14. The third kappa shape index (κ3) is 3.00. The molecule has 0 amide bonds. The molecule has 6 heteroatoms. The molecule has 0 aliphatic heterocycles. The van der Waals surface area contributed by atoms with E-state index in [0.717, 1.165) is 21.2 Å². The monoisotopic (exact) mass is 322 g/mol. The van der Waals surface area contributed by atoms with Crippen molar-refractivity contribution in [1.82, 2.24) is 5.16 Å². The summed E-state index contributed by atoms with van der Waals surface area (Å²) in [4.78, 5) is 2.07. The summed E-state index contributed by atoms with van der Waals surface area (Å²) in [5.74, 6) is 1.51. The molecule has 0 aliphatic carbocycles. The van der Waals surface area contributed by atoms with Crippen molar-refractivity contribution in [3.63, 3.8) is 0 Å². The molecule has 20 heavy (non-hydrogen) atoms. The Balaban J connectivity index is 1.70. The van der Waals surface area contributed by atoms with E-state index in [1.54, 1.807) is 29.2 Å². The predicted octanol–water partition coefficient (Wildman–Crippen LogP) is 4.93. The Bertz CT molecular complexity index is 710. The number of thiophene rings is 1. The van der Waals surface area contributed by atoms with E-state index in [4.69, 9.17) is 21.9 Å². The van der Waals surface area contributed by atoms with Gasteiger partial charge < -0.3 is 10.3 Å². The Kier molecular flexibility index (Phi) is 4.00. The summed E-state index contributed by atoms with van der Waals surface area (Å²) in [6, 6.07) is 11.5. The van der Waals surface area contributed by atoms with Crippen molar-refractivity contribution in [1.29, 1.82) is 0 Å². The lowest BCUT2D eigenvalue weighted by molar-refractivity contribution is 0.427. The van der Waals surface area contributed by atoms with Crippen LogP contribution in [0.1, 0.15) is 5.69 Å². The summed E-state index contributed by atoms with van der Waals surface area (Å²) in [5.41, 5.74) is 7.23. The maximum atomic E-state index is 6.14. The van der Waals surface area contributed by atoms with E-state index in [-0.39, 0.29) is 0 Å². The minimum absolute atomic E-state index is 0.664. The van der Waals surface area contributed by atoms with Crippen LogP contribution in [0.25, 0.3) is 10.6 Å². The van der Waals surface area contributed by atoms with Gasteiger partial charge in [-0.25, -0.2) is 0 Å². The first-order valence-electron chi connectivity index (χ1n) is 5.89. The lowest BCUT2D eigenvalue weighted by Gasteiger charge is -2.02. The van der Waals surface area contributed by atoms with E-state index >= 15 is 0 Å². The SMILES string of the molecule is Nc1ccc(SCc2cc(-c3cccs3)on2)c(Cl)c1. The first-order chi connectivity index (χ1) is 9.72. The zero-order valence-corrected chi connectivity index (χ0v) is 12.8. The number of nitrogens with two attached hydrogens (primary N) is 1. The van der Waals surface area contributed by atoms with Gasteiger partial charge in [0.05, 0.1) is 15.6 Å². The molecular weight excluding hydrogens is 312 g/mol. The number of halogens is 1. The summed E-state index contributed by atoms with van der Waals surface area (Å²) in [6.07, 6.45) is 0. The second kappa shape index (κ2) is 5.91. The smallest absolute Gasteiger partial charge is 0.177 e. The van der Waals surface area contributed by atoms with E-state index in [0.29, 0.717) is 16.5 Å². The maximum absolute atomic E-state index is 6.14. The Morgan fingerprint density at radius 2 is 2.20 bits per heavy atom. The molecule has 2 aromatic heterocycles. The van der Waals surface area contributed by atoms with Crippen molar-refractivity contribution in [3.05, 3.63) is 52.5 Å². The Labute approximate surface area is 129 Å². The zero-order valence-electron chi connectivity index (χ0n) is 10.4. The number of nitrogens with zero attached hydrogens (tertiary/aromatic N) is 1. The topological polar surface area (TPSA) is 52.0 Å². The van der Waals surface area contributed by atoms with Crippen LogP contribution in [-0.2, 0) is 5.75 Å². The number of nitrogen functional groups attached to an aromatic ring is 1. The van der Waals surface area contributed by atoms with Crippen LogP contribution in [0.4, 0.5) is 5.69 Å². The highest BCUT2D eigenvalue weighted by Gasteiger charge is 2.09. The molecule has 1 aromatic carbocycles. The van der Waals surface area contributed by atoms with Crippen LogP contribution >= 0.6 is 34.7 Å². The van der Waals surface area contributed by atoms with Gasteiger partial charge in [0.15, 0.2) is 5.76 Å². The molecule has 0 saturated heterocycles. The summed E-state index contributed by atoms with van der Waals surface area (Å²) in [5, 5.41) is 6.76. The maximum Gasteiger partial charge on any atom is 0.177 e. The Hall–Kier alpha value is -1.43. The molecule has 0 atom stereocenters. The summed E-state index contributed by atoms with van der Waals surface area (Å²) in [6.45, 7) is 0. The van der Waals surface area contributed by atoms with Gasteiger partial charge in [0.2, 0.25) is 0 Å². The van der Waals surface area contributed by atoms with Crippen LogP contribution in [0.5, 0.6) is 0 Å². The van der Waals surface area contributed by atoms with Gasteiger partial charge in [0.1, 0.15) is 0 Å². The average molecular weight is 323 g/mol. The van der Waals surface area contributed by atoms with Crippen LogP contribution < -0.4 is 5.73 Å². The molecule has 3 rings (SSSR count). The minimum Gasteiger partial charge on any atom is -0.399 e. The number of anilines is 1. The van der Waals surface area contributed by atoms with Crippen molar-refractivity contribution in [3.8, 4) is 10.6 Å². The molecule has 2 heterocycles. The number of thioether (sulfide) groups is 1. The quantitative estimate of drug-likeness (QED) is 0.546. The van der Waals surface area contributed by atoms with E-state index in [2.05, 4.69) is 5.16 Å². The van der Waals surface area contributed by atoms with Crippen LogP contribution in [0.15, 0.2) is 51.2 Å². The molecule has 2 N–H and O–H groups in total. The third-order valence-corrected chi connectivity index (χ3v) is 5.07. The Morgan fingerprint density at radius 1 is 1.30 bits per heavy atom. The van der Waals surface area contributed by atoms with Crippen molar-refractivity contribution >= 4 is 40.4 Å². The molecule has 0 unspecified atom stereocenters. The number of aromatic nitrogens is 1. The second-order valence-corrected chi connectivity index (χ2v) is 6.51. The van der Waals surface area contributed by atoms with E-state index < -0.39 is 0 Å². The average Bonchev–Trinajstić information content (AvgIpc) is 3.08. The van der Waals surface area contributed by atoms with Crippen LogP contribution in [0.2, 0.25) is 5.02 Å². The standard InChI is InChI=1S/C14H11ClN2OS2/c15-11-6-9(16)3-4-13(11)20-8-10-7-12(18-17-10)14-2-1-5-19-14/h1-7H,8,16H2. The fourth-order valence-corrected chi connectivity index (χ4v) is 3.53. The highest BCUT2D eigenvalue weighted by Crippen LogP contribution is 2.32. The van der Waals surface area contributed by atoms with Crippen LogP contribution in [-0.4, -0.2) is 5.16 Å². The van der Waals surface area contributed by atoms with Crippen LogP contribution in [0.3, 0.4) is 0 Å². The zero-order chi connectivity index (χ0) is 13.9. The molecule has 0 radical (unpaired) electrons. The summed E-state index contributed by atoms with van der Waals surface area (Å²) in [7, 11) is 0. The van der Waals surface area contributed by atoms with E-state index in [9.17, 15) is 0 Å². The highest BCUT2D eigenvalue weighted by molar-refractivity contribution is 7.98. The van der Waals surface area contributed by atoms with Crippen molar-refractivity contribution in [2.75, 3.05) is 5.73 Å². The predicted molar refractivity (Wildman–Crippen MR) is 85.2 cm³/mol. The summed E-state index contributed by atoms with van der Waals surface area (Å²) >= 11 is 9.38. The molecule has 0 saturated carbocycles. The van der Waals surface area contributed by atoms with Gasteiger partial charge in [-0.3, -0.25) is 0 Å². The molecule has 102 valence electrons. The van der Waals surface area contributed by atoms with Gasteiger partial charge in [0.25, 0.3) is 0 Å². The molecule has 3 nitrogen and oxygen atoms in total. The van der Waals surface area contributed by atoms with Gasteiger partial charge in [-0.1, -0.05) is 22.8 Å². The largest absolute Gasteiger partial charge is 0.399 e. The number of hydrogen-bond donors (Lipinski definition) is 1. The molecule has 3 aromatic rings. The van der Waals surface area contributed by atoms with Gasteiger partial charge in [0, 0.05) is 22.4 Å². The molecule has 0 bridgehead atoms. The Morgan fingerprint density at radius 3 is 2.95 bits per heavy atom. The van der Waals surface area contributed by atoms with Crippen molar-refractivity contribution in [2.24, 2.45) is 0 Å². The molecule has 0 spiro atoms. The third-order valence-electron chi connectivity index (χ3n) is 2.65. The van der Waals surface area contributed by atoms with Gasteiger partial charge >= 0.3 is 0 Å². The first kappa shape index (κ1) is 13.5. The number of rotatable bonds is 4. The summed E-state index contributed by atoms with van der Waals surface area (Å²) < 4.78 is 5.34. The van der Waals surface area contributed by atoms with Crippen molar-refractivity contribution < 1.29 is 4.52 Å². The van der Waals surface area contributed by atoms with Crippen molar-refractivity contribution in [2.45, 2.75) is 10.6 Å². The van der Waals surface area contributed by atoms with Gasteiger partial charge in [-0.2, -0.15) is 0 Å². The normalized spacial score (nSPS) is 10.8. The number of hydrogen-bond acceptors (Lipinski definition) is 5. The highest BCUT2D eigenvalue weighted by atomic mass is 35.5. The fourth-order valence-electron chi connectivity index (χ4n) is 1.70. The molecule has 0 aliphatic rings. The lowest BCUT2D eigenvalue weighted by atomic mass is 10.3. The lowest BCUT2D eigenvalue weighted by Crippen LogP contribution is -1.85. The van der Waals surface area contributed by atoms with Crippen LogP contribution in [0, 0.1) is 0 Å². The molecular formula is C14H11ClN2OS2. The van der Waals surface area contributed by atoms with Gasteiger partial charge in [-0.15, -0.1) is 23.1 Å². The van der Waals surface area contributed by atoms with Gasteiger partial charge in [-0.05, 0) is 29.6 Å². The fraction of sp³-hybridized carbons (Fsp3) is 0.0714. The minimum atomic E-state index is 0.664. The van der Waals surface area contributed by atoms with E-state index in [1.165, 1.54) is 0 Å². The number of benzene rings is 1. The van der Waals surface area contributed by atoms with E-state index in [1.807, 2.05) is 35.7 Å².